The molecule has 0 aliphatic carbocycles. The fourth-order valence-corrected chi connectivity index (χ4v) is 2.23. The minimum Gasteiger partial charge on any atom is -0.445 e. The molecule has 6 heteroatoms. The summed E-state index contributed by atoms with van der Waals surface area (Å²) in [6.07, 6.45) is 1.48. The number of benzene rings is 1. The van der Waals surface area contributed by atoms with Crippen molar-refractivity contribution in [2.24, 2.45) is 7.05 Å². The molecule has 0 aliphatic heterocycles. The molecule has 0 saturated carbocycles. The average molecular weight is 338 g/mol. The van der Waals surface area contributed by atoms with E-state index < -0.39 is 0 Å². The van der Waals surface area contributed by atoms with Crippen LogP contribution in [0.5, 0.6) is 0 Å². The molecular formula is C14H16BrN3O2. The van der Waals surface area contributed by atoms with Gasteiger partial charge in [-0.15, -0.1) is 0 Å². The molecule has 0 radical (unpaired) electrons. The lowest BCUT2D eigenvalue weighted by Crippen LogP contribution is -2.27. The monoisotopic (exact) mass is 337 g/mol. The van der Waals surface area contributed by atoms with Gasteiger partial charge >= 0.3 is 6.09 Å². The van der Waals surface area contributed by atoms with Crippen LogP contribution in [0.15, 0.2) is 41.0 Å². The molecule has 5 nitrogen and oxygen atoms in total. The van der Waals surface area contributed by atoms with Crippen LogP contribution in [-0.2, 0) is 24.9 Å². The second-order valence-corrected chi connectivity index (χ2v) is 5.35. The number of nitrogens with zero attached hydrogens (tertiary/aromatic N) is 3. The molecule has 2 rings (SSSR count). The van der Waals surface area contributed by atoms with Gasteiger partial charge in [-0.1, -0.05) is 30.3 Å². The van der Waals surface area contributed by atoms with Crippen molar-refractivity contribution in [2.75, 3.05) is 7.05 Å². The fraction of sp³-hybridized carbons (Fsp3) is 0.286. The van der Waals surface area contributed by atoms with Gasteiger partial charge < -0.3 is 9.64 Å². The van der Waals surface area contributed by atoms with E-state index in [1.165, 1.54) is 4.90 Å². The Kier molecular flexibility index (Phi) is 4.79. The van der Waals surface area contributed by atoms with Crippen LogP contribution in [0.1, 0.15) is 11.3 Å². The average Bonchev–Trinajstić information content (AvgIpc) is 2.75. The summed E-state index contributed by atoms with van der Waals surface area (Å²) >= 11 is 3.41. The summed E-state index contributed by atoms with van der Waals surface area (Å²) < 4.78 is 7.82. The molecule has 0 spiro atoms. The molecule has 106 valence electrons. The number of halogens is 1. The highest BCUT2D eigenvalue weighted by Gasteiger charge is 2.14. The Labute approximate surface area is 126 Å². The standard InChI is InChI=1S/C14H16BrN3O2/c1-17(9-13-12(15)8-18(2)16-13)14(19)20-10-11-6-4-3-5-7-11/h3-8H,9-10H2,1-2H3. The van der Waals surface area contributed by atoms with Gasteiger partial charge in [0.2, 0.25) is 0 Å². The normalized spacial score (nSPS) is 10.3. The SMILES string of the molecule is CN(Cc1nn(C)cc1Br)C(=O)OCc1ccccc1. The molecule has 2 aromatic rings. The maximum atomic E-state index is 11.9. The molecule has 0 fully saturated rings. The Bertz CT molecular complexity index is 583. The van der Waals surface area contributed by atoms with Crippen LogP contribution < -0.4 is 0 Å². The predicted octanol–water partition coefficient (Wildman–Crippen LogP) is 2.95. The number of amides is 1. The van der Waals surface area contributed by atoms with E-state index in [0.29, 0.717) is 6.54 Å². The summed E-state index contributed by atoms with van der Waals surface area (Å²) in [6.45, 7) is 0.669. The third-order valence-corrected chi connectivity index (χ3v) is 3.42. The van der Waals surface area contributed by atoms with Crippen LogP contribution in [0.4, 0.5) is 4.79 Å². The van der Waals surface area contributed by atoms with Gasteiger partial charge in [0, 0.05) is 20.3 Å². The number of carbonyl (C=O) groups is 1. The smallest absolute Gasteiger partial charge is 0.410 e. The maximum absolute atomic E-state index is 11.9. The van der Waals surface area contributed by atoms with Crippen molar-refractivity contribution in [2.45, 2.75) is 13.2 Å². The molecule has 20 heavy (non-hydrogen) atoms. The van der Waals surface area contributed by atoms with Gasteiger partial charge in [0.1, 0.15) is 6.61 Å². The third-order valence-electron chi connectivity index (χ3n) is 2.76. The van der Waals surface area contributed by atoms with Crippen molar-refractivity contribution >= 4 is 22.0 Å². The summed E-state index contributed by atoms with van der Waals surface area (Å²) in [5.74, 6) is 0. The van der Waals surface area contributed by atoms with E-state index in [9.17, 15) is 4.79 Å². The largest absolute Gasteiger partial charge is 0.445 e. The predicted molar refractivity (Wildman–Crippen MR) is 79.0 cm³/mol. The molecule has 0 N–H and O–H groups in total. The molecule has 1 amide bonds. The number of rotatable bonds is 4. The molecular weight excluding hydrogens is 322 g/mol. The number of hydrogen-bond acceptors (Lipinski definition) is 3. The zero-order chi connectivity index (χ0) is 14.5. The first-order chi connectivity index (χ1) is 9.56. The van der Waals surface area contributed by atoms with Crippen molar-refractivity contribution in [1.29, 1.82) is 0 Å². The summed E-state index contributed by atoms with van der Waals surface area (Å²) in [7, 11) is 3.52. The van der Waals surface area contributed by atoms with Crippen molar-refractivity contribution in [1.82, 2.24) is 14.7 Å². The second kappa shape index (κ2) is 6.56. The quantitative estimate of drug-likeness (QED) is 0.861. The molecule has 0 bridgehead atoms. The van der Waals surface area contributed by atoms with Crippen molar-refractivity contribution in [3.05, 3.63) is 52.3 Å². The Hall–Kier alpha value is -1.82. The van der Waals surface area contributed by atoms with Crippen LogP contribution in [0.2, 0.25) is 0 Å². The molecule has 1 aromatic carbocycles. The summed E-state index contributed by atoms with van der Waals surface area (Å²) in [6, 6.07) is 9.59. The Morgan fingerprint density at radius 3 is 2.70 bits per heavy atom. The van der Waals surface area contributed by atoms with Crippen molar-refractivity contribution < 1.29 is 9.53 Å². The lowest BCUT2D eigenvalue weighted by molar-refractivity contribution is 0.102. The van der Waals surface area contributed by atoms with Crippen molar-refractivity contribution in [3.8, 4) is 0 Å². The van der Waals surface area contributed by atoms with Crippen LogP contribution in [0.3, 0.4) is 0 Å². The first-order valence-electron chi connectivity index (χ1n) is 6.16. The highest BCUT2D eigenvalue weighted by atomic mass is 79.9. The van der Waals surface area contributed by atoms with E-state index in [4.69, 9.17) is 4.74 Å². The van der Waals surface area contributed by atoms with E-state index in [1.807, 2.05) is 43.6 Å². The Balaban J connectivity index is 1.87. The van der Waals surface area contributed by atoms with Crippen LogP contribution in [-0.4, -0.2) is 27.8 Å². The van der Waals surface area contributed by atoms with Crippen LogP contribution in [0.25, 0.3) is 0 Å². The zero-order valence-corrected chi connectivity index (χ0v) is 13.0. The van der Waals surface area contributed by atoms with E-state index >= 15 is 0 Å². The molecule has 0 unspecified atom stereocenters. The number of hydrogen-bond donors (Lipinski definition) is 0. The number of aryl methyl sites for hydroxylation is 1. The van der Waals surface area contributed by atoms with E-state index in [0.717, 1.165) is 15.7 Å². The van der Waals surface area contributed by atoms with Gasteiger partial charge in [0.15, 0.2) is 0 Å². The molecule has 1 aromatic heterocycles. The lowest BCUT2D eigenvalue weighted by Gasteiger charge is -2.16. The van der Waals surface area contributed by atoms with Gasteiger partial charge in [0.25, 0.3) is 0 Å². The van der Waals surface area contributed by atoms with Gasteiger partial charge in [-0.2, -0.15) is 5.10 Å². The van der Waals surface area contributed by atoms with E-state index in [-0.39, 0.29) is 12.7 Å². The summed E-state index contributed by atoms with van der Waals surface area (Å²) in [5.41, 5.74) is 1.76. The molecule has 0 aliphatic rings. The lowest BCUT2D eigenvalue weighted by atomic mass is 10.2. The van der Waals surface area contributed by atoms with E-state index in [1.54, 1.807) is 11.7 Å². The molecule has 1 heterocycles. The highest BCUT2D eigenvalue weighted by Crippen LogP contribution is 2.16. The highest BCUT2D eigenvalue weighted by molar-refractivity contribution is 9.10. The van der Waals surface area contributed by atoms with Gasteiger partial charge in [-0.25, -0.2) is 4.79 Å². The number of ether oxygens (including phenoxy) is 1. The molecule has 0 atom stereocenters. The van der Waals surface area contributed by atoms with Crippen LogP contribution >= 0.6 is 15.9 Å². The third kappa shape index (κ3) is 3.84. The number of carbonyl (C=O) groups excluding carboxylic acids is 1. The number of aromatic nitrogens is 2. The fourth-order valence-electron chi connectivity index (χ4n) is 1.73. The Morgan fingerprint density at radius 2 is 2.10 bits per heavy atom. The first kappa shape index (κ1) is 14.6. The second-order valence-electron chi connectivity index (χ2n) is 4.49. The zero-order valence-electron chi connectivity index (χ0n) is 11.4. The minimum atomic E-state index is -0.369. The van der Waals surface area contributed by atoms with Gasteiger partial charge in [0.05, 0.1) is 16.7 Å². The van der Waals surface area contributed by atoms with E-state index in [2.05, 4.69) is 21.0 Å². The van der Waals surface area contributed by atoms with Gasteiger partial charge in [-0.05, 0) is 21.5 Å². The minimum absolute atomic E-state index is 0.271. The topological polar surface area (TPSA) is 47.4 Å². The summed E-state index contributed by atoms with van der Waals surface area (Å²) in [5, 5.41) is 4.27. The molecule has 0 saturated heterocycles. The van der Waals surface area contributed by atoms with Crippen molar-refractivity contribution in [3.63, 3.8) is 0 Å². The van der Waals surface area contributed by atoms with Gasteiger partial charge in [-0.3, -0.25) is 4.68 Å². The van der Waals surface area contributed by atoms with Crippen LogP contribution in [0, 0.1) is 0 Å². The maximum Gasteiger partial charge on any atom is 0.410 e. The summed E-state index contributed by atoms with van der Waals surface area (Å²) in [4.78, 5) is 13.4. The Morgan fingerprint density at radius 1 is 1.40 bits per heavy atom. The first-order valence-corrected chi connectivity index (χ1v) is 6.95.